The van der Waals surface area contributed by atoms with Crippen molar-refractivity contribution in [3.05, 3.63) is 23.8 Å². The summed E-state index contributed by atoms with van der Waals surface area (Å²) in [6, 6.07) is 5.24. The average molecular weight is 239 g/mol. The average Bonchev–Trinajstić information content (AvgIpc) is 2.30. The fraction of sp³-hybridized carbons (Fsp3) is 0.500. The van der Waals surface area contributed by atoms with Crippen LogP contribution in [0, 0.1) is 0 Å². The number of nitrogens with one attached hydrogen (secondary N) is 1. The van der Waals surface area contributed by atoms with Crippen LogP contribution in [0.1, 0.15) is 24.3 Å². The van der Waals surface area contributed by atoms with Crippen LogP contribution in [-0.2, 0) is 10.8 Å². The van der Waals surface area contributed by atoms with E-state index in [0.717, 1.165) is 36.4 Å². The van der Waals surface area contributed by atoms with E-state index in [1.165, 1.54) is 0 Å². The van der Waals surface area contributed by atoms with E-state index in [4.69, 9.17) is 0 Å². The van der Waals surface area contributed by atoms with Crippen molar-refractivity contribution in [2.75, 3.05) is 19.3 Å². The van der Waals surface area contributed by atoms with Gasteiger partial charge in [0.25, 0.3) is 0 Å². The number of rotatable bonds is 2. The third kappa shape index (κ3) is 2.44. The van der Waals surface area contributed by atoms with E-state index in [0.29, 0.717) is 5.92 Å². The summed E-state index contributed by atoms with van der Waals surface area (Å²) in [5.74, 6) is 0.670. The maximum atomic E-state index is 11.6. The van der Waals surface area contributed by atoms with Crippen LogP contribution >= 0.6 is 0 Å². The van der Waals surface area contributed by atoms with Gasteiger partial charge in [-0.2, -0.15) is 0 Å². The van der Waals surface area contributed by atoms with Gasteiger partial charge < -0.3 is 10.4 Å². The van der Waals surface area contributed by atoms with E-state index < -0.39 is 10.8 Å². The van der Waals surface area contributed by atoms with E-state index in [1.807, 2.05) is 6.07 Å². The second-order valence-corrected chi connectivity index (χ2v) is 5.55. The van der Waals surface area contributed by atoms with Gasteiger partial charge in [-0.15, -0.1) is 0 Å². The van der Waals surface area contributed by atoms with Gasteiger partial charge in [-0.3, -0.25) is 4.21 Å². The Balaban J connectivity index is 2.34. The van der Waals surface area contributed by atoms with Crippen molar-refractivity contribution < 1.29 is 9.32 Å². The molecule has 2 rings (SSSR count). The number of aromatic hydroxyl groups is 1. The summed E-state index contributed by atoms with van der Waals surface area (Å²) < 4.78 is 11.6. The Morgan fingerprint density at radius 1 is 1.38 bits per heavy atom. The van der Waals surface area contributed by atoms with Crippen LogP contribution in [0.3, 0.4) is 0 Å². The van der Waals surface area contributed by atoms with Gasteiger partial charge in [-0.05, 0) is 49.5 Å². The molecular weight excluding hydrogens is 222 g/mol. The molecule has 16 heavy (non-hydrogen) atoms. The zero-order valence-corrected chi connectivity index (χ0v) is 10.2. The van der Waals surface area contributed by atoms with Gasteiger partial charge >= 0.3 is 0 Å². The molecule has 1 atom stereocenters. The lowest BCUT2D eigenvalue weighted by Gasteiger charge is -2.24. The van der Waals surface area contributed by atoms with Gasteiger partial charge in [-0.25, -0.2) is 0 Å². The SMILES string of the molecule is C[S@@](=O)c1cc(O)ccc1C1CCNCC1. The maximum absolute atomic E-state index is 11.6. The van der Waals surface area contributed by atoms with Gasteiger partial charge in [0.1, 0.15) is 5.75 Å². The summed E-state index contributed by atoms with van der Waals surface area (Å²) in [7, 11) is -1.03. The molecule has 0 bridgehead atoms. The van der Waals surface area contributed by atoms with Crippen LogP contribution in [0.4, 0.5) is 0 Å². The molecule has 1 aliphatic heterocycles. The van der Waals surface area contributed by atoms with Crippen LogP contribution in [0.15, 0.2) is 23.1 Å². The molecule has 0 aliphatic carbocycles. The number of hydrogen-bond donors (Lipinski definition) is 2. The Labute approximate surface area is 98.3 Å². The van der Waals surface area contributed by atoms with Crippen LogP contribution in [0.5, 0.6) is 5.75 Å². The standard InChI is InChI=1S/C12H17NO2S/c1-16(15)12-8-10(14)2-3-11(12)9-4-6-13-7-5-9/h2-3,8-9,13-14H,4-7H2,1H3/t16-/m1/s1. The van der Waals surface area contributed by atoms with Crippen molar-refractivity contribution in [2.45, 2.75) is 23.7 Å². The molecule has 88 valence electrons. The van der Waals surface area contributed by atoms with Gasteiger partial charge in [0, 0.05) is 11.2 Å². The highest BCUT2D eigenvalue weighted by molar-refractivity contribution is 7.84. The van der Waals surface area contributed by atoms with Crippen molar-refractivity contribution in [2.24, 2.45) is 0 Å². The summed E-state index contributed by atoms with van der Waals surface area (Å²) in [6.07, 6.45) is 3.82. The molecule has 1 aromatic carbocycles. The second kappa shape index (κ2) is 4.97. The normalized spacial score (nSPS) is 19.6. The highest BCUT2D eigenvalue weighted by Crippen LogP contribution is 2.31. The Kier molecular flexibility index (Phi) is 3.61. The molecular formula is C12H17NO2S. The quantitative estimate of drug-likeness (QED) is 0.824. The first kappa shape index (κ1) is 11.6. The molecule has 1 saturated heterocycles. The van der Waals surface area contributed by atoms with E-state index in [9.17, 15) is 9.32 Å². The monoisotopic (exact) mass is 239 g/mol. The molecule has 1 aliphatic rings. The molecule has 2 N–H and O–H groups in total. The van der Waals surface area contributed by atoms with Crippen LogP contribution in [0.25, 0.3) is 0 Å². The number of benzene rings is 1. The van der Waals surface area contributed by atoms with Crippen molar-refractivity contribution in [1.82, 2.24) is 5.32 Å². The zero-order chi connectivity index (χ0) is 11.5. The Morgan fingerprint density at radius 2 is 2.06 bits per heavy atom. The highest BCUT2D eigenvalue weighted by Gasteiger charge is 2.19. The first-order valence-corrected chi connectivity index (χ1v) is 7.11. The molecule has 0 unspecified atom stereocenters. The van der Waals surface area contributed by atoms with Crippen molar-refractivity contribution in [3.63, 3.8) is 0 Å². The topological polar surface area (TPSA) is 49.3 Å². The summed E-state index contributed by atoms with van der Waals surface area (Å²) in [4.78, 5) is 0.784. The smallest absolute Gasteiger partial charge is 0.116 e. The number of piperidine rings is 1. The Bertz CT molecular complexity index is 400. The zero-order valence-electron chi connectivity index (χ0n) is 9.40. The number of hydrogen-bond acceptors (Lipinski definition) is 3. The van der Waals surface area contributed by atoms with Crippen LogP contribution in [0.2, 0.25) is 0 Å². The van der Waals surface area contributed by atoms with E-state index in [1.54, 1.807) is 18.4 Å². The summed E-state index contributed by atoms with van der Waals surface area (Å²) in [6.45, 7) is 2.03. The van der Waals surface area contributed by atoms with Gasteiger partial charge in [0.15, 0.2) is 0 Å². The van der Waals surface area contributed by atoms with Gasteiger partial charge in [0.2, 0.25) is 0 Å². The van der Waals surface area contributed by atoms with Gasteiger partial charge in [-0.1, -0.05) is 6.07 Å². The largest absolute Gasteiger partial charge is 0.508 e. The Hall–Kier alpha value is -0.870. The fourth-order valence-electron chi connectivity index (χ4n) is 2.24. The predicted molar refractivity (Wildman–Crippen MR) is 65.3 cm³/mol. The molecule has 1 heterocycles. The molecule has 0 radical (unpaired) electrons. The minimum atomic E-state index is -1.03. The van der Waals surface area contributed by atoms with E-state index >= 15 is 0 Å². The minimum Gasteiger partial charge on any atom is -0.508 e. The van der Waals surface area contributed by atoms with Gasteiger partial charge in [0.05, 0.1) is 10.8 Å². The molecule has 0 aromatic heterocycles. The predicted octanol–water partition coefficient (Wildman–Crippen LogP) is 1.60. The van der Waals surface area contributed by atoms with E-state index in [2.05, 4.69) is 5.32 Å². The lowest BCUT2D eigenvalue weighted by molar-refractivity contribution is 0.451. The summed E-state index contributed by atoms with van der Waals surface area (Å²) in [5, 5.41) is 12.8. The van der Waals surface area contributed by atoms with Crippen molar-refractivity contribution in [1.29, 1.82) is 0 Å². The third-order valence-corrected chi connectivity index (χ3v) is 4.06. The summed E-state index contributed by atoms with van der Waals surface area (Å²) in [5.41, 5.74) is 1.14. The van der Waals surface area contributed by atoms with Crippen molar-refractivity contribution in [3.8, 4) is 5.75 Å². The summed E-state index contributed by atoms with van der Waals surface area (Å²) >= 11 is 0. The number of phenols is 1. The lowest BCUT2D eigenvalue weighted by Crippen LogP contribution is -2.27. The Morgan fingerprint density at radius 3 is 2.69 bits per heavy atom. The molecule has 0 amide bonds. The molecule has 1 fully saturated rings. The van der Waals surface area contributed by atoms with E-state index in [-0.39, 0.29) is 5.75 Å². The fourth-order valence-corrected chi connectivity index (χ4v) is 3.10. The van der Waals surface area contributed by atoms with Crippen LogP contribution in [-0.4, -0.2) is 28.7 Å². The molecule has 0 spiro atoms. The molecule has 4 heteroatoms. The first-order chi connectivity index (χ1) is 7.68. The molecule has 1 aromatic rings. The van der Waals surface area contributed by atoms with Crippen LogP contribution < -0.4 is 5.32 Å². The molecule has 0 saturated carbocycles. The third-order valence-electron chi connectivity index (χ3n) is 3.09. The number of phenolic OH excluding ortho intramolecular Hbond substituents is 1. The van der Waals surface area contributed by atoms with Crippen molar-refractivity contribution >= 4 is 10.8 Å². The minimum absolute atomic E-state index is 0.197. The lowest BCUT2D eigenvalue weighted by atomic mass is 9.90. The molecule has 3 nitrogen and oxygen atoms in total. The highest BCUT2D eigenvalue weighted by atomic mass is 32.2. The maximum Gasteiger partial charge on any atom is 0.116 e. The first-order valence-electron chi connectivity index (χ1n) is 5.55. The second-order valence-electron chi connectivity index (χ2n) is 4.20.